The third-order valence-corrected chi connectivity index (χ3v) is 2.45. The molecule has 70 valence electrons. The zero-order valence-electron chi connectivity index (χ0n) is 8.33. The number of nitrogens with one attached hydrogen (secondary N) is 1. The van der Waals surface area contributed by atoms with Gasteiger partial charge in [0.1, 0.15) is 0 Å². The highest BCUT2D eigenvalue weighted by Gasteiger charge is 2.07. The van der Waals surface area contributed by atoms with Crippen molar-refractivity contribution in [2.45, 2.75) is 19.8 Å². The highest BCUT2D eigenvalue weighted by atomic mass is 14.7. The van der Waals surface area contributed by atoms with Crippen LogP contribution < -0.4 is 0 Å². The summed E-state index contributed by atoms with van der Waals surface area (Å²) in [5.74, 6) is 0.446. The number of hydrogen-bond acceptors (Lipinski definition) is 1. The molecule has 2 rings (SSSR count). The van der Waals surface area contributed by atoms with Crippen molar-refractivity contribution in [1.82, 2.24) is 4.98 Å². The van der Waals surface area contributed by atoms with Crippen molar-refractivity contribution in [2.75, 3.05) is 0 Å². The average molecular weight is 184 g/mol. The minimum atomic E-state index is 0.446. The predicted octanol–water partition coefficient (Wildman–Crippen LogP) is 3.16. The minimum absolute atomic E-state index is 0.446. The van der Waals surface area contributed by atoms with Gasteiger partial charge in [-0.05, 0) is 29.7 Å². The van der Waals surface area contributed by atoms with E-state index >= 15 is 0 Å². The fourth-order valence-corrected chi connectivity index (χ4v) is 1.74. The van der Waals surface area contributed by atoms with E-state index < -0.39 is 0 Å². The normalized spacial score (nSPS) is 10.7. The molecule has 1 aromatic heterocycles. The molecular weight excluding hydrogens is 172 g/mol. The first kappa shape index (κ1) is 8.83. The van der Waals surface area contributed by atoms with Crippen LogP contribution in [0.25, 0.3) is 10.9 Å². The van der Waals surface area contributed by atoms with E-state index in [-0.39, 0.29) is 0 Å². The summed E-state index contributed by atoms with van der Waals surface area (Å²) in [4.78, 5) is 3.14. The Bertz CT molecular complexity index is 501. The van der Waals surface area contributed by atoms with Crippen molar-refractivity contribution in [3.63, 3.8) is 0 Å². The first-order chi connectivity index (χ1) is 6.72. The van der Waals surface area contributed by atoms with Crippen molar-refractivity contribution in [3.05, 3.63) is 35.5 Å². The van der Waals surface area contributed by atoms with Crippen molar-refractivity contribution in [1.29, 1.82) is 5.26 Å². The Kier molecular flexibility index (Phi) is 2.01. The van der Waals surface area contributed by atoms with Gasteiger partial charge in [-0.2, -0.15) is 5.26 Å². The van der Waals surface area contributed by atoms with E-state index in [0.717, 1.165) is 11.1 Å². The number of hydrogen-bond donors (Lipinski definition) is 1. The smallest absolute Gasteiger partial charge is 0.0992 e. The van der Waals surface area contributed by atoms with E-state index in [0.29, 0.717) is 5.92 Å². The van der Waals surface area contributed by atoms with Crippen LogP contribution in [0.15, 0.2) is 24.4 Å². The number of fused-ring (bicyclic) bond motifs is 1. The van der Waals surface area contributed by atoms with Crippen molar-refractivity contribution >= 4 is 10.9 Å². The molecule has 0 amide bonds. The van der Waals surface area contributed by atoms with Crippen molar-refractivity contribution in [2.24, 2.45) is 0 Å². The van der Waals surface area contributed by atoms with Crippen LogP contribution in [0.1, 0.15) is 30.9 Å². The highest BCUT2D eigenvalue weighted by Crippen LogP contribution is 2.26. The lowest BCUT2D eigenvalue weighted by molar-refractivity contribution is 0.876. The molecule has 0 saturated heterocycles. The fourth-order valence-electron chi connectivity index (χ4n) is 1.74. The molecule has 0 aliphatic rings. The Balaban J connectivity index is 2.78. The molecule has 0 atom stereocenters. The second-order valence-electron chi connectivity index (χ2n) is 3.77. The fraction of sp³-hybridized carbons (Fsp3) is 0.250. The molecule has 0 aliphatic carbocycles. The van der Waals surface area contributed by atoms with E-state index in [1.807, 2.05) is 18.3 Å². The van der Waals surface area contributed by atoms with Crippen LogP contribution in [0.5, 0.6) is 0 Å². The van der Waals surface area contributed by atoms with Gasteiger partial charge in [-0.1, -0.05) is 13.8 Å². The number of nitriles is 1. The highest BCUT2D eigenvalue weighted by molar-refractivity contribution is 5.84. The number of nitrogens with zero attached hydrogens (tertiary/aromatic N) is 1. The molecule has 2 nitrogen and oxygen atoms in total. The first-order valence-electron chi connectivity index (χ1n) is 4.73. The lowest BCUT2D eigenvalue weighted by atomic mass is 9.97. The molecule has 1 heterocycles. The molecule has 1 N–H and O–H groups in total. The summed E-state index contributed by atoms with van der Waals surface area (Å²) in [6.45, 7) is 4.28. The summed E-state index contributed by atoms with van der Waals surface area (Å²) in [5.41, 5.74) is 3.01. The van der Waals surface area contributed by atoms with Gasteiger partial charge < -0.3 is 4.98 Å². The zero-order valence-corrected chi connectivity index (χ0v) is 8.33. The van der Waals surface area contributed by atoms with Crippen LogP contribution in [0.4, 0.5) is 0 Å². The molecule has 0 radical (unpaired) electrons. The van der Waals surface area contributed by atoms with Gasteiger partial charge in [0, 0.05) is 17.1 Å². The van der Waals surface area contributed by atoms with Crippen molar-refractivity contribution < 1.29 is 0 Å². The Hall–Kier alpha value is -1.75. The molecule has 2 heteroatoms. The summed E-state index contributed by atoms with van der Waals surface area (Å²) >= 11 is 0. The topological polar surface area (TPSA) is 39.6 Å². The second kappa shape index (κ2) is 3.19. The summed E-state index contributed by atoms with van der Waals surface area (Å²) in [6.07, 6.45) is 1.91. The number of rotatable bonds is 1. The van der Waals surface area contributed by atoms with Gasteiger partial charge in [0.25, 0.3) is 0 Å². The maximum atomic E-state index is 8.88. The third-order valence-electron chi connectivity index (χ3n) is 2.45. The summed E-state index contributed by atoms with van der Waals surface area (Å²) in [7, 11) is 0. The van der Waals surface area contributed by atoms with Gasteiger partial charge in [0.05, 0.1) is 11.6 Å². The van der Waals surface area contributed by atoms with Crippen LogP contribution in [0.3, 0.4) is 0 Å². The van der Waals surface area contributed by atoms with E-state index in [1.165, 1.54) is 10.9 Å². The van der Waals surface area contributed by atoms with Gasteiger partial charge in [0.2, 0.25) is 0 Å². The lowest BCUT2D eigenvalue weighted by Crippen LogP contribution is -1.89. The molecule has 0 unspecified atom stereocenters. The van der Waals surface area contributed by atoms with E-state index in [9.17, 15) is 0 Å². The third kappa shape index (κ3) is 1.27. The number of aromatic amines is 1. The Morgan fingerprint density at radius 1 is 1.36 bits per heavy atom. The predicted molar refractivity (Wildman–Crippen MR) is 57.1 cm³/mol. The van der Waals surface area contributed by atoms with E-state index in [2.05, 4.69) is 31.0 Å². The molecular formula is C12H12N2. The van der Waals surface area contributed by atoms with Crippen LogP contribution in [-0.2, 0) is 0 Å². The maximum Gasteiger partial charge on any atom is 0.0992 e. The summed E-state index contributed by atoms with van der Waals surface area (Å²) in [5, 5.41) is 10.1. The molecule has 0 saturated carbocycles. The van der Waals surface area contributed by atoms with E-state index in [4.69, 9.17) is 5.26 Å². The van der Waals surface area contributed by atoms with Gasteiger partial charge in [-0.3, -0.25) is 0 Å². The molecule has 0 bridgehead atoms. The monoisotopic (exact) mass is 184 g/mol. The molecule has 1 aromatic carbocycles. The zero-order chi connectivity index (χ0) is 10.1. The maximum absolute atomic E-state index is 8.88. The molecule has 14 heavy (non-hydrogen) atoms. The van der Waals surface area contributed by atoms with Crippen LogP contribution in [0.2, 0.25) is 0 Å². The molecule has 2 aromatic rings. The Morgan fingerprint density at radius 2 is 2.14 bits per heavy atom. The largest absolute Gasteiger partial charge is 0.361 e. The van der Waals surface area contributed by atoms with Crippen LogP contribution >= 0.6 is 0 Å². The number of benzene rings is 1. The quantitative estimate of drug-likeness (QED) is 0.726. The van der Waals surface area contributed by atoms with Crippen LogP contribution in [0, 0.1) is 11.3 Å². The van der Waals surface area contributed by atoms with E-state index in [1.54, 1.807) is 0 Å². The molecule has 0 fully saturated rings. The average Bonchev–Trinajstić information content (AvgIpc) is 2.63. The molecule has 0 aliphatic heterocycles. The summed E-state index contributed by atoms with van der Waals surface area (Å²) in [6, 6.07) is 8.11. The van der Waals surface area contributed by atoms with Crippen molar-refractivity contribution in [3.8, 4) is 6.07 Å². The molecule has 0 spiro atoms. The van der Waals surface area contributed by atoms with Gasteiger partial charge >= 0.3 is 0 Å². The SMILES string of the molecule is CC(C)c1cc(C#N)cc2[nH]ccc12. The lowest BCUT2D eigenvalue weighted by Gasteiger charge is -2.07. The minimum Gasteiger partial charge on any atom is -0.361 e. The standard InChI is InChI=1S/C12H12N2/c1-8(2)11-5-9(7-13)6-12-10(11)3-4-14-12/h3-6,8,14H,1-2H3. The second-order valence-corrected chi connectivity index (χ2v) is 3.77. The van der Waals surface area contributed by atoms with Gasteiger partial charge in [-0.15, -0.1) is 0 Å². The summed E-state index contributed by atoms with van der Waals surface area (Å²) < 4.78 is 0. The Morgan fingerprint density at radius 3 is 2.79 bits per heavy atom. The van der Waals surface area contributed by atoms with Crippen LogP contribution in [-0.4, -0.2) is 4.98 Å². The number of aromatic nitrogens is 1. The Labute approximate surface area is 83.2 Å². The number of H-pyrrole nitrogens is 1. The van der Waals surface area contributed by atoms with Gasteiger partial charge in [-0.25, -0.2) is 0 Å². The first-order valence-corrected chi connectivity index (χ1v) is 4.73. The van der Waals surface area contributed by atoms with Gasteiger partial charge in [0.15, 0.2) is 0 Å².